The summed E-state index contributed by atoms with van der Waals surface area (Å²) in [6.07, 6.45) is 0. The Labute approximate surface area is 172 Å². The Balaban J connectivity index is 1.88. The molecule has 0 fully saturated rings. The summed E-state index contributed by atoms with van der Waals surface area (Å²) < 4.78 is 12.5. The first-order valence-corrected chi connectivity index (χ1v) is 10.0. The minimum absolute atomic E-state index is 0.107. The molecule has 0 saturated heterocycles. The molecule has 1 aliphatic rings. The van der Waals surface area contributed by atoms with Crippen LogP contribution in [0.15, 0.2) is 59.1 Å². The van der Waals surface area contributed by atoms with E-state index in [1.165, 1.54) is 38.9 Å². The topological polar surface area (TPSA) is 34.2 Å². The van der Waals surface area contributed by atoms with E-state index in [0.29, 0.717) is 0 Å². The predicted octanol–water partition coefficient (Wildman–Crippen LogP) is 6.42. The number of rotatable bonds is 3. The Bertz CT molecular complexity index is 1220. The third kappa shape index (κ3) is 2.41. The largest absolute Gasteiger partial charge is 0.497 e. The number of ether oxygens (including phenoxy) is 2. The molecule has 0 bridgehead atoms. The molecule has 28 heavy (non-hydrogen) atoms. The molecule has 0 aliphatic heterocycles. The number of aromatic amines is 1. The second-order valence-electron chi connectivity index (χ2n) is 7.16. The maximum Gasteiger partial charge on any atom is 0.127 e. The fourth-order valence-corrected chi connectivity index (χ4v) is 4.91. The summed E-state index contributed by atoms with van der Waals surface area (Å²) in [5.74, 6) is 1.78. The van der Waals surface area contributed by atoms with E-state index in [-0.39, 0.29) is 5.92 Å². The number of aromatic nitrogens is 1. The van der Waals surface area contributed by atoms with E-state index in [9.17, 15) is 0 Å². The highest BCUT2D eigenvalue weighted by atomic mass is 79.9. The highest BCUT2D eigenvalue weighted by molar-refractivity contribution is 9.10. The first kappa shape index (κ1) is 17.4. The van der Waals surface area contributed by atoms with Gasteiger partial charge in [0.25, 0.3) is 0 Å². The summed E-state index contributed by atoms with van der Waals surface area (Å²) in [6.45, 7) is 2.15. The smallest absolute Gasteiger partial charge is 0.127 e. The number of H-pyrrole nitrogens is 1. The maximum atomic E-state index is 5.84. The zero-order valence-electron chi connectivity index (χ0n) is 16.0. The minimum Gasteiger partial charge on any atom is -0.497 e. The Morgan fingerprint density at radius 3 is 2.50 bits per heavy atom. The van der Waals surface area contributed by atoms with E-state index in [2.05, 4.69) is 76.4 Å². The van der Waals surface area contributed by atoms with Crippen LogP contribution >= 0.6 is 15.9 Å². The lowest BCUT2D eigenvalue weighted by molar-refractivity contribution is 0.391. The second-order valence-corrected chi connectivity index (χ2v) is 8.08. The lowest BCUT2D eigenvalue weighted by atomic mass is 9.87. The van der Waals surface area contributed by atoms with E-state index >= 15 is 0 Å². The quantitative estimate of drug-likeness (QED) is 0.356. The number of benzene rings is 3. The lowest BCUT2D eigenvalue weighted by Crippen LogP contribution is -2.03. The standard InChI is InChI=1S/C24H20BrNO2/c1-13-22(19-10-14(25)8-9-20(19)26-13)24-17-7-5-4-6-16(17)18-11-15(27-2)12-21(28-3)23(18)24/h4-12,24,26H,1-3H3. The molecule has 3 aromatic carbocycles. The molecule has 0 saturated carbocycles. The van der Waals surface area contributed by atoms with Gasteiger partial charge in [0, 0.05) is 38.6 Å². The molecule has 1 aromatic heterocycles. The van der Waals surface area contributed by atoms with Gasteiger partial charge in [-0.15, -0.1) is 0 Å². The highest BCUT2D eigenvalue weighted by Crippen LogP contribution is 2.54. The second kappa shape index (κ2) is 6.42. The van der Waals surface area contributed by atoms with Crippen molar-refractivity contribution in [1.82, 2.24) is 4.98 Å². The summed E-state index contributed by atoms with van der Waals surface area (Å²) in [4.78, 5) is 3.57. The molecule has 0 amide bonds. The lowest BCUT2D eigenvalue weighted by Gasteiger charge is -2.18. The number of methoxy groups -OCH3 is 2. The van der Waals surface area contributed by atoms with Crippen LogP contribution in [0.5, 0.6) is 11.5 Å². The summed E-state index contributed by atoms with van der Waals surface area (Å²) in [7, 11) is 3.43. The number of fused-ring (bicyclic) bond motifs is 4. The zero-order chi connectivity index (χ0) is 19.4. The summed E-state index contributed by atoms with van der Waals surface area (Å²) >= 11 is 3.64. The number of halogens is 1. The van der Waals surface area contributed by atoms with Crippen molar-refractivity contribution in [3.05, 3.63) is 81.5 Å². The first-order chi connectivity index (χ1) is 13.6. The molecule has 140 valence electrons. The Kier molecular flexibility index (Phi) is 3.98. The molecule has 1 unspecified atom stereocenters. The van der Waals surface area contributed by atoms with E-state index in [1.54, 1.807) is 14.2 Å². The fourth-order valence-electron chi connectivity index (χ4n) is 4.55. The molecule has 0 spiro atoms. The number of aryl methyl sites for hydroxylation is 1. The maximum absolute atomic E-state index is 5.84. The zero-order valence-corrected chi connectivity index (χ0v) is 17.6. The van der Waals surface area contributed by atoms with Gasteiger partial charge in [0.15, 0.2) is 0 Å². The van der Waals surface area contributed by atoms with Crippen LogP contribution < -0.4 is 9.47 Å². The number of nitrogens with one attached hydrogen (secondary N) is 1. The van der Waals surface area contributed by atoms with Gasteiger partial charge in [0.05, 0.1) is 14.2 Å². The van der Waals surface area contributed by atoms with Crippen LogP contribution in [-0.4, -0.2) is 19.2 Å². The molecule has 1 aliphatic carbocycles. The average molecular weight is 434 g/mol. The molecule has 3 nitrogen and oxygen atoms in total. The Morgan fingerprint density at radius 2 is 1.71 bits per heavy atom. The molecule has 5 rings (SSSR count). The van der Waals surface area contributed by atoms with Crippen molar-refractivity contribution in [2.24, 2.45) is 0 Å². The monoisotopic (exact) mass is 433 g/mol. The van der Waals surface area contributed by atoms with Crippen molar-refractivity contribution in [2.45, 2.75) is 12.8 Å². The van der Waals surface area contributed by atoms with Gasteiger partial charge in [0.2, 0.25) is 0 Å². The van der Waals surface area contributed by atoms with E-state index in [0.717, 1.165) is 21.5 Å². The molecule has 0 radical (unpaired) electrons. The molecular weight excluding hydrogens is 414 g/mol. The van der Waals surface area contributed by atoms with Crippen LogP contribution in [0.3, 0.4) is 0 Å². The summed E-state index contributed by atoms with van der Waals surface area (Å²) in [6, 6.07) is 19.1. The molecule has 1 N–H and O–H groups in total. The van der Waals surface area contributed by atoms with E-state index in [1.807, 2.05) is 6.07 Å². The third-order valence-electron chi connectivity index (χ3n) is 5.71. The van der Waals surface area contributed by atoms with Crippen molar-refractivity contribution in [2.75, 3.05) is 14.2 Å². The van der Waals surface area contributed by atoms with Gasteiger partial charge in [-0.2, -0.15) is 0 Å². The van der Waals surface area contributed by atoms with Gasteiger partial charge >= 0.3 is 0 Å². The van der Waals surface area contributed by atoms with Gasteiger partial charge < -0.3 is 14.5 Å². The molecule has 1 atom stereocenters. The van der Waals surface area contributed by atoms with Crippen LogP contribution in [0.2, 0.25) is 0 Å². The van der Waals surface area contributed by atoms with Crippen molar-refractivity contribution in [1.29, 1.82) is 0 Å². The summed E-state index contributed by atoms with van der Waals surface area (Å²) in [5.41, 5.74) is 8.55. The minimum atomic E-state index is 0.107. The van der Waals surface area contributed by atoms with Gasteiger partial charge in [-0.25, -0.2) is 0 Å². The van der Waals surface area contributed by atoms with Gasteiger partial charge in [-0.1, -0.05) is 40.2 Å². The van der Waals surface area contributed by atoms with Gasteiger partial charge in [-0.3, -0.25) is 0 Å². The van der Waals surface area contributed by atoms with Gasteiger partial charge in [0.1, 0.15) is 11.5 Å². The van der Waals surface area contributed by atoms with Crippen LogP contribution in [0.4, 0.5) is 0 Å². The van der Waals surface area contributed by atoms with Crippen LogP contribution in [0.1, 0.15) is 28.3 Å². The summed E-state index contributed by atoms with van der Waals surface area (Å²) in [5, 5.41) is 1.23. The van der Waals surface area contributed by atoms with Crippen LogP contribution in [0.25, 0.3) is 22.0 Å². The Morgan fingerprint density at radius 1 is 0.893 bits per heavy atom. The Hall–Kier alpha value is -2.72. The fraction of sp³-hybridized carbons (Fsp3) is 0.167. The van der Waals surface area contributed by atoms with Crippen molar-refractivity contribution >= 4 is 26.8 Å². The van der Waals surface area contributed by atoms with Crippen molar-refractivity contribution < 1.29 is 9.47 Å². The first-order valence-electron chi connectivity index (χ1n) is 9.25. The number of hydrogen-bond acceptors (Lipinski definition) is 2. The predicted molar refractivity (Wildman–Crippen MR) is 117 cm³/mol. The van der Waals surface area contributed by atoms with E-state index < -0.39 is 0 Å². The highest BCUT2D eigenvalue weighted by Gasteiger charge is 2.35. The van der Waals surface area contributed by atoms with Crippen molar-refractivity contribution in [3.63, 3.8) is 0 Å². The van der Waals surface area contributed by atoms with Crippen LogP contribution in [0, 0.1) is 6.92 Å². The molecule has 4 heteroatoms. The SMILES string of the molecule is COc1cc(OC)c2c(c1)-c1ccccc1C2c1c(C)[nH]c2ccc(Br)cc12. The van der Waals surface area contributed by atoms with Crippen LogP contribution in [-0.2, 0) is 0 Å². The normalized spacial score (nSPS) is 14.8. The molecular formula is C24H20BrNO2. The van der Waals surface area contributed by atoms with Gasteiger partial charge in [-0.05, 0) is 53.4 Å². The average Bonchev–Trinajstić information content (AvgIpc) is 3.20. The van der Waals surface area contributed by atoms with Crippen molar-refractivity contribution in [3.8, 4) is 22.6 Å². The number of hydrogen-bond donors (Lipinski definition) is 1. The van der Waals surface area contributed by atoms with E-state index in [4.69, 9.17) is 9.47 Å². The molecule has 1 heterocycles. The third-order valence-corrected chi connectivity index (χ3v) is 6.20. The molecule has 4 aromatic rings.